The van der Waals surface area contributed by atoms with E-state index in [1.54, 1.807) is 11.3 Å². The first-order chi connectivity index (χ1) is 9.60. The van der Waals surface area contributed by atoms with Crippen molar-refractivity contribution >= 4 is 17.2 Å². The lowest BCUT2D eigenvalue weighted by Gasteiger charge is -2.04. The average molecular weight is 288 g/mol. The molecule has 0 aliphatic rings. The molecule has 0 saturated heterocycles. The van der Waals surface area contributed by atoms with Crippen LogP contribution in [0, 0.1) is 0 Å². The average Bonchev–Trinajstić information content (AvgIpc) is 2.95. The number of thiazole rings is 1. The van der Waals surface area contributed by atoms with E-state index in [1.807, 2.05) is 19.1 Å². The summed E-state index contributed by atoms with van der Waals surface area (Å²) in [6.07, 6.45) is 0.523. The first kappa shape index (κ1) is 14.7. The molecule has 1 aromatic carbocycles. The van der Waals surface area contributed by atoms with Crippen LogP contribution in [0.25, 0.3) is 10.6 Å². The summed E-state index contributed by atoms with van der Waals surface area (Å²) in [5.41, 5.74) is 3.38. The molecule has 106 valence electrons. The summed E-state index contributed by atoms with van der Waals surface area (Å²) in [6.45, 7) is 6.74. The van der Waals surface area contributed by atoms with Crippen LogP contribution >= 0.6 is 11.3 Å². The molecule has 1 N–H and O–H groups in total. The number of aromatic nitrogens is 1. The molecule has 1 amide bonds. The van der Waals surface area contributed by atoms with Gasteiger partial charge in [0.05, 0.1) is 5.69 Å². The SMILES string of the molecule is CCC(=O)NCc1ccc(-c2nc(C(C)C)cs2)cc1. The van der Waals surface area contributed by atoms with Gasteiger partial charge in [-0.1, -0.05) is 45.0 Å². The highest BCUT2D eigenvalue weighted by Crippen LogP contribution is 2.26. The summed E-state index contributed by atoms with van der Waals surface area (Å²) in [7, 11) is 0. The molecule has 4 heteroatoms. The van der Waals surface area contributed by atoms with E-state index in [0.29, 0.717) is 18.9 Å². The number of nitrogens with one attached hydrogen (secondary N) is 1. The summed E-state index contributed by atoms with van der Waals surface area (Å²) >= 11 is 1.68. The van der Waals surface area contributed by atoms with Crippen molar-refractivity contribution in [2.75, 3.05) is 0 Å². The van der Waals surface area contributed by atoms with Crippen LogP contribution in [0.4, 0.5) is 0 Å². The van der Waals surface area contributed by atoms with Gasteiger partial charge in [0.15, 0.2) is 0 Å². The summed E-state index contributed by atoms with van der Waals surface area (Å²) in [6, 6.07) is 8.22. The third-order valence-corrected chi connectivity index (χ3v) is 4.03. The highest BCUT2D eigenvalue weighted by Gasteiger charge is 2.07. The maximum atomic E-state index is 11.2. The molecule has 1 heterocycles. The molecule has 0 aliphatic carbocycles. The van der Waals surface area contributed by atoms with Crippen LogP contribution < -0.4 is 5.32 Å². The molecule has 0 spiro atoms. The Kier molecular flexibility index (Phi) is 4.90. The molecule has 0 fully saturated rings. The maximum absolute atomic E-state index is 11.2. The van der Waals surface area contributed by atoms with Crippen molar-refractivity contribution in [3.05, 3.63) is 40.9 Å². The van der Waals surface area contributed by atoms with Gasteiger partial charge in [0.25, 0.3) is 0 Å². The number of amides is 1. The van der Waals surface area contributed by atoms with Gasteiger partial charge in [-0.25, -0.2) is 4.98 Å². The Hall–Kier alpha value is -1.68. The zero-order chi connectivity index (χ0) is 14.5. The standard InChI is InChI=1S/C16H20N2OS/c1-4-15(19)17-9-12-5-7-13(8-6-12)16-18-14(10-20-16)11(2)3/h5-8,10-11H,4,9H2,1-3H3,(H,17,19). The van der Waals surface area contributed by atoms with Crippen LogP contribution in [0.1, 0.15) is 44.4 Å². The molecule has 0 bridgehead atoms. The first-order valence-corrected chi connectivity index (χ1v) is 7.79. The third-order valence-electron chi connectivity index (χ3n) is 3.13. The molecular formula is C16H20N2OS. The van der Waals surface area contributed by atoms with Gasteiger partial charge in [-0.15, -0.1) is 11.3 Å². The minimum absolute atomic E-state index is 0.0792. The summed E-state index contributed by atoms with van der Waals surface area (Å²) in [5.74, 6) is 0.541. The lowest BCUT2D eigenvalue weighted by atomic mass is 10.1. The fourth-order valence-electron chi connectivity index (χ4n) is 1.77. The van der Waals surface area contributed by atoms with Gasteiger partial charge < -0.3 is 5.32 Å². The van der Waals surface area contributed by atoms with Gasteiger partial charge in [-0.2, -0.15) is 0 Å². The van der Waals surface area contributed by atoms with Crippen molar-refractivity contribution in [2.45, 2.75) is 39.7 Å². The predicted molar refractivity (Wildman–Crippen MR) is 83.8 cm³/mol. The minimum atomic E-state index is 0.0792. The lowest BCUT2D eigenvalue weighted by molar-refractivity contribution is -0.120. The van der Waals surface area contributed by atoms with E-state index in [9.17, 15) is 4.79 Å². The number of rotatable bonds is 5. The number of carbonyl (C=O) groups is 1. The number of nitrogens with zero attached hydrogens (tertiary/aromatic N) is 1. The number of hydrogen-bond acceptors (Lipinski definition) is 3. The van der Waals surface area contributed by atoms with E-state index >= 15 is 0 Å². The Morgan fingerprint density at radius 3 is 2.55 bits per heavy atom. The number of carbonyl (C=O) groups excluding carboxylic acids is 1. The first-order valence-electron chi connectivity index (χ1n) is 6.91. The zero-order valence-corrected chi connectivity index (χ0v) is 13.0. The molecule has 2 rings (SSSR count). The fourth-order valence-corrected chi connectivity index (χ4v) is 2.76. The predicted octanol–water partition coefficient (Wildman–Crippen LogP) is 3.96. The van der Waals surface area contributed by atoms with Crippen LogP contribution in [-0.2, 0) is 11.3 Å². The van der Waals surface area contributed by atoms with Gasteiger partial charge in [-0.3, -0.25) is 4.79 Å². The van der Waals surface area contributed by atoms with Crippen molar-refractivity contribution < 1.29 is 4.79 Å². The van der Waals surface area contributed by atoms with Crippen molar-refractivity contribution in [3.63, 3.8) is 0 Å². The second-order valence-electron chi connectivity index (χ2n) is 5.06. The highest BCUT2D eigenvalue weighted by molar-refractivity contribution is 7.13. The smallest absolute Gasteiger partial charge is 0.219 e. The van der Waals surface area contributed by atoms with Crippen LogP contribution in [0.3, 0.4) is 0 Å². The van der Waals surface area contributed by atoms with E-state index in [-0.39, 0.29) is 5.91 Å². The molecule has 0 unspecified atom stereocenters. The molecule has 3 nitrogen and oxygen atoms in total. The topological polar surface area (TPSA) is 42.0 Å². The van der Waals surface area contributed by atoms with Gasteiger partial charge in [0, 0.05) is 23.9 Å². The second kappa shape index (κ2) is 6.66. The van der Waals surface area contributed by atoms with E-state index in [2.05, 4.69) is 41.7 Å². The van der Waals surface area contributed by atoms with Gasteiger partial charge in [0.2, 0.25) is 5.91 Å². The number of benzene rings is 1. The van der Waals surface area contributed by atoms with Crippen LogP contribution in [0.2, 0.25) is 0 Å². The molecule has 2 aromatic rings. The molecule has 1 aromatic heterocycles. The van der Waals surface area contributed by atoms with Crippen LogP contribution in [-0.4, -0.2) is 10.9 Å². The van der Waals surface area contributed by atoms with E-state index < -0.39 is 0 Å². The summed E-state index contributed by atoms with van der Waals surface area (Å²) in [4.78, 5) is 15.9. The van der Waals surface area contributed by atoms with Gasteiger partial charge >= 0.3 is 0 Å². The molecule has 20 heavy (non-hydrogen) atoms. The van der Waals surface area contributed by atoms with Crippen molar-refractivity contribution in [2.24, 2.45) is 0 Å². The molecule has 0 aliphatic heterocycles. The Morgan fingerprint density at radius 2 is 2.00 bits per heavy atom. The number of hydrogen-bond donors (Lipinski definition) is 1. The maximum Gasteiger partial charge on any atom is 0.219 e. The molecule has 0 saturated carbocycles. The quantitative estimate of drug-likeness (QED) is 0.905. The highest BCUT2D eigenvalue weighted by atomic mass is 32.1. The Labute approximate surface area is 124 Å². The zero-order valence-electron chi connectivity index (χ0n) is 12.1. The Morgan fingerprint density at radius 1 is 1.30 bits per heavy atom. The van der Waals surface area contributed by atoms with Crippen LogP contribution in [0.5, 0.6) is 0 Å². The molecular weight excluding hydrogens is 268 g/mol. The second-order valence-corrected chi connectivity index (χ2v) is 5.92. The fraction of sp³-hybridized carbons (Fsp3) is 0.375. The molecule has 0 radical (unpaired) electrons. The normalized spacial score (nSPS) is 10.8. The Balaban J connectivity index is 2.05. The third kappa shape index (κ3) is 3.67. The Bertz CT molecular complexity index is 572. The van der Waals surface area contributed by atoms with E-state index in [0.717, 1.165) is 21.8 Å². The summed E-state index contributed by atoms with van der Waals surface area (Å²) < 4.78 is 0. The van der Waals surface area contributed by atoms with Crippen molar-refractivity contribution in [1.82, 2.24) is 10.3 Å². The monoisotopic (exact) mass is 288 g/mol. The summed E-state index contributed by atoms with van der Waals surface area (Å²) in [5, 5.41) is 6.05. The van der Waals surface area contributed by atoms with Crippen LogP contribution in [0.15, 0.2) is 29.6 Å². The van der Waals surface area contributed by atoms with Crippen molar-refractivity contribution in [3.8, 4) is 10.6 Å². The van der Waals surface area contributed by atoms with Crippen molar-refractivity contribution in [1.29, 1.82) is 0 Å². The molecule has 0 atom stereocenters. The lowest BCUT2D eigenvalue weighted by Crippen LogP contribution is -2.21. The van der Waals surface area contributed by atoms with Gasteiger partial charge in [-0.05, 0) is 11.5 Å². The van der Waals surface area contributed by atoms with E-state index in [4.69, 9.17) is 0 Å². The van der Waals surface area contributed by atoms with Gasteiger partial charge in [0.1, 0.15) is 5.01 Å². The largest absolute Gasteiger partial charge is 0.352 e. The minimum Gasteiger partial charge on any atom is -0.352 e. The van der Waals surface area contributed by atoms with E-state index in [1.165, 1.54) is 0 Å².